The van der Waals surface area contributed by atoms with Gasteiger partial charge in [0.05, 0.1) is 17.5 Å². The lowest BCUT2D eigenvalue weighted by Gasteiger charge is -2.34. The highest BCUT2D eigenvalue weighted by atomic mass is 32.2. The van der Waals surface area contributed by atoms with Crippen molar-refractivity contribution in [1.82, 2.24) is 10.2 Å². The molecule has 3 aromatic carbocycles. The van der Waals surface area contributed by atoms with Crippen molar-refractivity contribution in [1.29, 1.82) is 0 Å². The quantitative estimate of drug-likeness (QED) is 0.250. The summed E-state index contributed by atoms with van der Waals surface area (Å²) in [7, 11) is -4.02. The third kappa shape index (κ3) is 10.1. The molecular formula is C32H37F4N3O4S. The number of sulfonamides is 1. The van der Waals surface area contributed by atoms with Gasteiger partial charge in [0.25, 0.3) is 0 Å². The third-order valence-corrected chi connectivity index (χ3v) is 7.88. The average Bonchev–Trinajstić information content (AvgIpc) is 2.92. The lowest BCUT2D eigenvalue weighted by molar-refractivity contribution is -0.142. The van der Waals surface area contributed by atoms with Crippen molar-refractivity contribution in [3.8, 4) is 0 Å². The van der Waals surface area contributed by atoms with Crippen LogP contribution in [0.25, 0.3) is 0 Å². The Labute approximate surface area is 255 Å². The van der Waals surface area contributed by atoms with E-state index in [0.29, 0.717) is 0 Å². The van der Waals surface area contributed by atoms with Gasteiger partial charge in [0, 0.05) is 37.0 Å². The maximum Gasteiger partial charge on any atom is 0.416 e. The smallest absolute Gasteiger partial charge is 0.350 e. The van der Waals surface area contributed by atoms with E-state index in [-0.39, 0.29) is 43.6 Å². The van der Waals surface area contributed by atoms with Gasteiger partial charge in [-0.05, 0) is 57.0 Å². The molecule has 0 unspecified atom stereocenters. The van der Waals surface area contributed by atoms with Gasteiger partial charge >= 0.3 is 6.18 Å². The third-order valence-electron chi connectivity index (χ3n) is 6.68. The lowest BCUT2D eigenvalue weighted by Crippen LogP contribution is -2.54. The van der Waals surface area contributed by atoms with Crippen LogP contribution in [0.5, 0.6) is 0 Å². The highest BCUT2D eigenvalue weighted by molar-refractivity contribution is 7.92. The molecule has 0 spiro atoms. The first-order chi connectivity index (χ1) is 20.5. The highest BCUT2D eigenvalue weighted by Crippen LogP contribution is 2.32. The number of benzene rings is 3. The van der Waals surface area contributed by atoms with Crippen LogP contribution >= 0.6 is 0 Å². The summed E-state index contributed by atoms with van der Waals surface area (Å²) in [5.41, 5.74) is -0.890. The molecule has 12 heteroatoms. The molecule has 7 nitrogen and oxygen atoms in total. The molecule has 0 saturated carbocycles. The topological polar surface area (TPSA) is 86.8 Å². The normalized spacial score (nSPS) is 12.8. The minimum atomic E-state index is -4.68. The number of rotatable bonds is 12. The monoisotopic (exact) mass is 635 g/mol. The number of carbonyl (C=O) groups excluding carboxylic acids is 2. The first kappa shape index (κ1) is 34.6. The zero-order valence-electron chi connectivity index (χ0n) is 25.1. The molecule has 0 bridgehead atoms. The molecule has 1 atom stereocenters. The van der Waals surface area contributed by atoms with E-state index >= 15 is 0 Å². The molecule has 1 N–H and O–H groups in total. The number of carbonyl (C=O) groups is 2. The lowest BCUT2D eigenvalue weighted by atomic mass is 10.00. The predicted molar refractivity (Wildman–Crippen MR) is 162 cm³/mol. The molecule has 238 valence electrons. The number of hydrogen-bond acceptors (Lipinski definition) is 4. The molecule has 0 aliphatic carbocycles. The Morgan fingerprint density at radius 2 is 1.55 bits per heavy atom. The summed E-state index contributed by atoms with van der Waals surface area (Å²) in [6.45, 7) is 4.85. The summed E-state index contributed by atoms with van der Waals surface area (Å²) in [5.74, 6) is -1.56. The van der Waals surface area contributed by atoms with Crippen LogP contribution < -0.4 is 9.62 Å². The van der Waals surface area contributed by atoms with Gasteiger partial charge in [-0.1, -0.05) is 54.6 Å². The average molecular weight is 636 g/mol. The van der Waals surface area contributed by atoms with E-state index in [1.807, 2.05) is 18.2 Å². The standard InChI is InChI=1S/C32H37F4N3O4S/c1-31(2,3)37-30(41)28(20-23-12-6-5-7-13-23)38(22-24-14-8-9-17-27(24)33)29(40)18-11-19-39(44(4,42)43)26-16-10-15-25(21-26)32(34,35)36/h5-10,12-17,21,28H,11,18-20,22H2,1-4H3,(H,37,41)/t28-/m1/s1. The Bertz CT molecular complexity index is 1540. The fourth-order valence-corrected chi connectivity index (χ4v) is 5.62. The Morgan fingerprint density at radius 1 is 0.909 bits per heavy atom. The Kier molecular flexibility index (Phi) is 11.2. The fourth-order valence-electron chi connectivity index (χ4n) is 4.66. The number of hydrogen-bond donors (Lipinski definition) is 1. The number of halogens is 4. The zero-order valence-corrected chi connectivity index (χ0v) is 25.9. The molecular weight excluding hydrogens is 598 g/mol. The summed E-state index contributed by atoms with van der Waals surface area (Å²) in [4.78, 5) is 28.7. The van der Waals surface area contributed by atoms with E-state index in [0.717, 1.165) is 34.3 Å². The first-order valence-corrected chi connectivity index (χ1v) is 15.8. The van der Waals surface area contributed by atoms with Crippen LogP contribution in [0, 0.1) is 5.82 Å². The van der Waals surface area contributed by atoms with Gasteiger partial charge in [0.2, 0.25) is 21.8 Å². The molecule has 0 aliphatic rings. The molecule has 0 aliphatic heterocycles. The van der Waals surface area contributed by atoms with Gasteiger partial charge < -0.3 is 10.2 Å². The minimum Gasteiger partial charge on any atom is -0.350 e. The zero-order chi connectivity index (χ0) is 32.7. The molecule has 0 fully saturated rings. The number of alkyl halides is 3. The van der Waals surface area contributed by atoms with Gasteiger partial charge in [-0.25, -0.2) is 12.8 Å². The van der Waals surface area contributed by atoms with Crippen LogP contribution in [-0.2, 0) is 38.8 Å². The molecule has 3 aromatic rings. The summed E-state index contributed by atoms with van der Waals surface area (Å²) in [6, 6.07) is 17.8. The van der Waals surface area contributed by atoms with Gasteiger partial charge in [0.1, 0.15) is 11.9 Å². The van der Waals surface area contributed by atoms with Crippen LogP contribution in [0.2, 0.25) is 0 Å². The number of anilines is 1. The highest BCUT2D eigenvalue weighted by Gasteiger charge is 2.34. The van der Waals surface area contributed by atoms with Crippen molar-refractivity contribution in [2.24, 2.45) is 0 Å². The number of nitrogens with zero attached hydrogens (tertiary/aromatic N) is 2. The molecule has 0 radical (unpaired) electrons. The van der Waals surface area contributed by atoms with E-state index in [2.05, 4.69) is 5.32 Å². The van der Waals surface area contributed by atoms with Crippen LogP contribution in [-0.4, -0.2) is 49.5 Å². The fraction of sp³-hybridized carbons (Fsp3) is 0.375. The van der Waals surface area contributed by atoms with E-state index in [1.165, 1.54) is 29.2 Å². The number of amides is 2. The van der Waals surface area contributed by atoms with Crippen LogP contribution in [0.3, 0.4) is 0 Å². The van der Waals surface area contributed by atoms with Crippen LogP contribution in [0.15, 0.2) is 78.9 Å². The van der Waals surface area contributed by atoms with Crippen molar-refractivity contribution >= 4 is 27.5 Å². The second kappa shape index (κ2) is 14.2. The van der Waals surface area contributed by atoms with Crippen molar-refractivity contribution < 1.29 is 35.6 Å². The van der Waals surface area contributed by atoms with E-state index in [4.69, 9.17) is 0 Å². The Hall–Kier alpha value is -3.93. The van der Waals surface area contributed by atoms with Crippen molar-refractivity contribution in [2.45, 2.75) is 64.3 Å². The molecule has 0 heterocycles. The molecule has 3 rings (SSSR count). The SMILES string of the molecule is CC(C)(C)NC(=O)[C@@H](Cc1ccccc1)N(Cc1ccccc1F)C(=O)CCCN(c1cccc(C(F)(F)F)c1)S(C)(=O)=O. The van der Waals surface area contributed by atoms with E-state index in [9.17, 15) is 35.6 Å². The summed E-state index contributed by atoms with van der Waals surface area (Å²) < 4.78 is 80.6. The number of nitrogens with one attached hydrogen (secondary N) is 1. The van der Waals surface area contributed by atoms with Crippen molar-refractivity contribution in [3.05, 3.63) is 101 Å². The van der Waals surface area contributed by atoms with Crippen LogP contribution in [0.1, 0.15) is 50.3 Å². The van der Waals surface area contributed by atoms with Crippen LogP contribution in [0.4, 0.5) is 23.2 Å². The van der Waals surface area contributed by atoms with Gasteiger partial charge in [-0.2, -0.15) is 13.2 Å². The second-order valence-corrected chi connectivity index (χ2v) is 13.5. The predicted octanol–water partition coefficient (Wildman–Crippen LogP) is 5.95. The summed E-state index contributed by atoms with van der Waals surface area (Å²) in [6.07, 6.45) is -4.01. The summed E-state index contributed by atoms with van der Waals surface area (Å²) >= 11 is 0. The maximum absolute atomic E-state index is 14.8. The second-order valence-electron chi connectivity index (χ2n) is 11.5. The minimum absolute atomic E-state index is 0.0745. The van der Waals surface area contributed by atoms with E-state index in [1.54, 1.807) is 39.0 Å². The molecule has 44 heavy (non-hydrogen) atoms. The molecule has 0 aromatic heterocycles. The molecule has 0 saturated heterocycles. The maximum atomic E-state index is 14.8. The van der Waals surface area contributed by atoms with Gasteiger partial charge in [-0.3, -0.25) is 13.9 Å². The first-order valence-electron chi connectivity index (χ1n) is 14.0. The van der Waals surface area contributed by atoms with E-state index < -0.39 is 51.0 Å². The van der Waals surface area contributed by atoms with Gasteiger partial charge in [0.15, 0.2) is 0 Å². The van der Waals surface area contributed by atoms with Crippen molar-refractivity contribution in [3.63, 3.8) is 0 Å². The van der Waals surface area contributed by atoms with Gasteiger partial charge in [-0.15, -0.1) is 0 Å². The largest absolute Gasteiger partial charge is 0.416 e. The molecule has 2 amide bonds. The summed E-state index contributed by atoms with van der Waals surface area (Å²) in [5, 5.41) is 2.90. The van der Waals surface area contributed by atoms with Crippen molar-refractivity contribution in [2.75, 3.05) is 17.1 Å². The Morgan fingerprint density at radius 3 is 2.14 bits per heavy atom. The Balaban J connectivity index is 1.93.